The van der Waals surface area contributed by atoms with Crippen molar-refractivity contribution in [3.05, 3.63) is 168 Å². The van der Waals surface area contributed by atoms with Crippen LogP contribution in [0.15, 0.2) is 152 Å². The first-order chi connectivity index (χ1) is 29.1. The van der Waals surface area contributed by atoms with Crippen LogP contribution in [0.2, 0.25) is 0 Å². The summed E-state index contributed by atoms with van der Waals surface area (Å²) in [5.41, 5.74) is 12.9. The van der Waals surface area contributed by atoms with Gasteiger partial charge >= 0.3 is 0 Å². The van der Waals surface area contributed by atoms with E-state index in [-0.39, 0.29) is 5.41 Å². The van der Waals surface area contributed by atoms with Crippen molar-refractivity contribution in [1.29, 1.82) is 5.26 Å². The summed E-state index contributed by atoms with van der Waals surface area (Å²) >= 11 is 0. The fourth-order valence-electron chi connectivity index (χ4n) is 11.7. The van der Waals surface area contributed by atoms with Gasteiger partial charge in [0.1, 0.15) is 0 Å². The SMILES string of the molecule is CC1CC2CCCC(C1)C21c2ccccc2-c2ccc(-c3ccc4c(c3)c3c5ccccc5ccc3n4-c3nc(-c4ccccc4)nc(-c4cccc(C#N)c4)n3)cc21. The highest BCUT2D eigenvalue weighted by molar-refractivity contribution is 6.21. The molecule has 5 nitrogen and oxygen atoms in total. The molecule has 0 saturated heterocycles. The van der Waals surface area contributed by atoms with E-state index in [1.807, 2.05) is 48.5 Å². The van der Waals surface area contributed by atoms with Crippen molar-refractivity contribution in [1.82, 2.24) is 19.5 Å². The highest BCUT2D eigenvalue weighted by atomic mass is 15.2. The van der Waals surface area contributed by atoms with E-state index in [1.165, 1.54) is 70.5 Å². The Morgan fingerprint density at radius 2 is 1.27 bits per heavy atom. The zero-order chi connectivity index (χ0) is 39.2. The topological polar surface area (TPSA) is 67.4 Å². The van der Waals surface area contributed by atoms with Gasteiger partial charge in [0, 0.05) is 27.3 Å². The maximum Gasteiger partial charge on any atom is 0.238 e. The quantitative estimate of drug-likeness (QED) is 0.179. The van der Waals surface area contributed by atoms with Gasteiger partial charge in [0.2, 0.25) is 5.95 Å². The first-order valence-corrected chi connectivity index (χ1v) is 21.1. The first-order valence-electron chi connectivity index (χ1n) is 21.1. The molecule has 2 heterocycles. The summed E-state index contributed by atoms with van der Waals surface area (Å²) in [7, 11) is 0. The van der Waals surface area contributed by atoms with Gasteiger partial charge in [-0.15, -0.1) is 0 Å². The second-order valence-corrected chi connectivity index (χ2v) is 17.2. The van der Waals surface area contributed by atoms with Gasteiger partial charge in [-0.05, 0) is 124 Å². The van der Waals surface area contributed by atoms with Crippen molar-refractivity contribution in [3.63, 3.8) is 0 Å². The lowest BCUT2D eigenvalue weighted by Crippen LogP contribution is -2.49. The number of hydrogen-bond acceptors (Lipinski definition) is 4. The summed E-state index contributed by atoms with van der Waals surface area (Å²) in [6.07, 6.45) is 6.58. The van der Waals surface area contributed by atoms with Gasteiger partial charge in [0.05, 0.1) is 22.7 Å². The Morgan fingerprint density at radius 3 is 2.12 bits per heavy atom. The van der Waals surface area contributed by atoms with Crippen LogP contribution >= 0.6 is 0 Å². The van der Waals surface area contributed by atoms with E-state index in [4.69, 9.17) is 15.0 Å². The zero-order valence-electron chi connectivity index (χ0n) is 32.9. The smallest absolute Gasteiger partial charge is 0.238 e. The molecule has 2 aromatic heterocycles. The van der Waals surface area contributed by atoms with E-state index in [1.54, 1.807) is 17.2 Å². The molecule has 2 fully saturated rings. The number of nitriles is 1. The number of hydrogen-bond donors (Lipinski definition) is 0. The third-order valence-corrected chi connectivity index (χ3v) is 14.0. The highest BCUT2D eigenvalue weighted by Crippen LogP contribution is 2.65. The maximum absolute atomic E-state index is 9.77. The predicted octanol–water partition coefficient (Wildman–Crippen LogP) is 13.1. The molecule has 282 valence electrons. The molecule has 7 aromatic carbocycles. The number of benzene rings is 7. The summed E-state index contributed by atoms with van der Waals surface area (Å²) in [6.45, 7) is 2.48. The molecule has 9 aromatic rings. The van der Waals surface area contributed by atoms with Crippen LogP contribution in [0.3, 0.4) is 0 Å². The summed E-state index contributed by atoms with van der Waals surface area (Å²) in [5, 5.41) is 14.5. The van der Waals surface area contributed by atoms with Gasteiger partial charge in [0.15, 0.2) is 11.6 Å². The average Bonchev–Trinajstić information content (AvgIpc) is 3.77. The van der Waals surface area contributed by atoms with E-state index in [0.29, 0.717) is 35.0 Å². The molecule has 0 aliphatic heterocycles. The van der Waals surface area contributed by atoms with Crippen molar-refractivity contribution in [2.45, 2.75) is 44.4 Å². The van der Waals surface area contributed by atoms with Crippen LogP contribution in [0.1, 0.15) is 55.7 Å². The highest BCUT2D eigenvalue weighted by Gasteiger charge is 2.57. The van der Waals surface area contributed by atoms with Crippen molar-refractivity contribution >= 4 is 32.6 Å². The summed E-state index contributed by atoms with van der Waals surface area (Å²) in [4.78, 5) is 15.4. The van der Waals surface area contributed by atoms with Gasteiger partial charge in [-0.3, -0.25) is 4.57 Å². The van der Waals surface area contributed by atoms with Crippen LogP contribution in [0.4, 0.5) is 0 Å². The Labute approximate surface area is 343 Å². The van der Waals surface area contributed by atoms with Crippen LogP contribution in [0.5, 0.6) is 0 Å². The Bertz CT molecular complexity index is 3190. The molecule has 2 bridgehead atoms. The third kappa shape index (κ3) is 5.06. The van der Waals surface area contributed by atoms with Crippen molar-refractivity contribution in [2.75, 3.05) is 0 Å². The fraction of sp³-hybridized carbons (Fsp3) is 0.185. The lowest BCUT2D eigenvalue weighted by molar-refractivity contribution is 0.0564. The monoisotopic (exact) mass is 759 g/mol. The lowest BCUT2D eigenvalue weighted by atomic mass is 9.49. The van der Waals surface area contributed by atoms with Gasteiger partial charge in [-0.2, -0.15) is 15.2 Å². The van der Waals surface area contributed by atoms with Crippen LogP contribution in [0, 0.1) is 29.1 Å². The summed E-state index contributed by atoms with van der Waals surface area (Å²) in [5.74, 6) is 3.75. The molecule has 2 saturated carbocycles. The van der Waals surface area contributed by atoms with E-state index >= 15 is 0 Å². The Morgan fingerprint density at radius 1 is 0.576 bits per heavy atom. The molecule has 0 N–H and O–H groups in total. The van der Waals surface area contributed by atoms with Crippen molar-refractivity contribution < 1.29 is 0 Å². The van der Waals surface area contributed by atoms with Crippen LogP contribution in [0.25, 0.3) is 83.6 Å². The zero-order valence-corrected chi connectivity index (χ0v) is 32.9. The second kappa shape index (κ2) is 13.1. The standard InChI is InChI=1S/C54H41N5/c1-33-27-40-16-10-17-41(28-33)54(40)46-20-8-7-19-43(46)44-24-21-38(31-47(44)54)37-23-25-48-45(30-37)50-42-18-6-5-12-35(42)22-26-49(50)59(48)53-57-51(36-13-3-2-4-14-36)56-52(58-53)39-15-9-11-34(29-39)32-55/h2-9,11-15,18-26,29-31,33,40-41H,10,16-17,27-28H2,1H3. The second-order valence-electron chi connectivity index (χ2n) is 17.2. The summed E-state index contributed by atoms with van der Waals surface area (Å²) in [6, 6.07) is 56.5. The molecule has 0 radical (unpaired) electrons. The average molecular weight is 760 g/mol. The Hall–Kier alpha value is -6.90. The third-order valence-electron chi connectivity index (χ3n) is 14.0. The van der Waals surface area contributed by atoms with E-state index in [9.17, 15) is 5.26 Å². The van der Waals surface area contributed by atoms with Crippen LogP contribution in [-0.2, 0) is 5.41 Å². The van der Waals surface area contributed by atoms with E-state index in [0.717, 1.165) is 33.5 Å². The Kier molecular flexibility index (Phi) is 7.56. The normalized spacial score (nSPS) is 20.5. The molecule has 3 aliphatic rings. The fourth-order valence-corrected chi connectivity index (χ4v) is 11.7. The molecule has 1 spiro atoms. The molecular formula is C54H41N5. The van der Waals surface area contributed by atoms with Crippen LogP contribution in [-0.4, -0.2) is 19.5 Å². The summed E-state index contributed by atoms with van der Waals surface area (Å²) < 4.78 is 2.20. The molecule has 2 unspecified atom stereocenters. The first kappa shape index (κ1) is 34.2. The van der Waals surface area contributed by atoms with Crippen molar-refractivity contribution in [2.24, 2.45) is 17.8 Å². The maximum atomic E-state index is 9.77. The van der Waals surface area contributed by atoms with Gasteiger partial charge in [0.25, 0.3) is 0 Å². The minimum absolute atomic E-state index is 0.0859. The molecule has 5 heteroatoms. The molecule has 3 aliphatic carbocycles. The van der Waals surface area contributed by atoms with Gasteiger partial charge in [-0.25, -0.2) is 4.98 Å². The van der Waals surface area contributed by atoms with Gasteiger partial charge in [-0.1, -0.05) is 129 Å². The molecule has 12 rings (SSSR count). The van der Waals surface area contributed by atoms with Gasteiger partial charge < -0.3 is 0 Å². The largest absolute Gasteiger partial charge is 0.278 e. The number of aromatic nitrogens is 4. The van der Waals surface area contributed by atoms with Crippen LogP contribution < -0.4 is 0 Å². The molecule has 59 heavy (non-hydrogen) atoms. The Balaban J connectivity index is 1.09. The van der Waals surface area contributed by atoms with Crippen molar-refractivity contribution in [3.8, 4) is 57.0 Å². The number of fused-ring (bicyclic) bond motifs is 8. The molecular weight excluding hydrogens is 719 g/mol. The van der Waals surface area contributed by atoms with E-state index in [2.05, 4.69) is 115 Å². The minimum Gasteiger partial charge on any atom is -0.278 e. The number of rotatable bonds is 4. The number of nitrogens with zero attached hydrogens (tertiary/aromatic N) is 5. The minimum atomic E-state index is 0.0859. The predicted molar refractivity (Wildman–Crippen MR) is 238 cm³/mol. The van der Waals surface area contributed by atoms with E-state index < -0.39 is 0 Å². The molecule has 0 amide bonds. The molecule has 2 atom stereocenters. The lowest BCUT2D eigenvalue weighted by Gasteiger charge is -2.54.